The van der Waals surface area contributed by atoms with E-state index in [4.69, 9.17) is 5.73 Å². The molecule has 5 heteroatoms. The number of carbonyl (C=O) groups is 1. The van der Waals surface area contributed by atoms with Gasteiger partial charge in [-0.05, 0) is 30.2 Å². The van der Waals surface area contributed by atoms with Gasteiger partial charge >= 0.3 is 0 Å². The van der Waals surface area contributed by atoms with Crippen molar-refractivity contribution < 1.29 is 4.79 Å². The number of aromatic nitrogens is 2. The van der Waals surface area contributed by atoms with Crippen LogP contribution in [-0.4, -0.2) is 15.7 Å². The van der Waals surface area contributed by atoms with E-state index >= 15 is 0 Å². The molecule has 0 aliphatic rings. The number of rotatable bonds is 4. The molecule has 2 aromatic rings. The smallest absolute Gasteiger partial charge is 0.269 e. The molecule has 1 amide bonds. The molecule has 0 spiro atoms. The molecule has 1 aromatic carbocycles. The largest absolute Gasteiger partial charge is 0.399 e. The zero-order chi connectivity index (χ0) is 13.8. The highest BCUT2D eigenvalue weighted by Crippen LogP contribution is 2.07. The van der Waals surface area contributed by atoms with E-state index in [2.05, 4.69) is 10.4 Å². The van der Waals surface area contributed by atoms with Crippen molar-refractivity contribution in [2.24, 2.45) is 7.05 Å². The third-order valence-corrected chi connectivity index (χ3v) is 2.96. The minimum atomic E-state index is -0.119. The van der Waals surface area contributed by atoms with Gasteiger partial charge in [-0.2, -0.15) is 5.10 Å². The van der Waals surface area contributed by atoms with Gasteiger partial charge in [0.2, 0.25) is 0 Å². The van der Waals surface area contributed by atoms with E-state index in [1.54, 1.807) is 11.7 Å². The van der Waals surface area contributed by atoms with Crippen molar-refractivity contribution >= 4 is 11.6 Å². The molecule has 2 rings (SSSR count). The van der Waals surface area contributed by atoms with Crippen LogP contribution in [0.5, 0.6) is 0 Å². The SMILES string of the molecule is CCc1cc(C(=O)NCc2ccc(N)cc2)n(C)n1. The molecule has 0 saturated carbocycles. The first-order chi connectivity index (χ1) is 9.10. The molecular formula is C14H18N4O. The summed E-state index contributed by atoms with van der Waals surface area (Å²) < 4.78 is 1.61. The number of hydrogen-bond acceptors (Lipinski definition) is 3. The summed E-state index contributed by atoms with van der Waals surface area (Å²) in [6, 6.07) is 9.26. The fourth-order valence-electron chi connectivity index (χ4n) is 1.82. The van der Waals surface area contributed by atoms with Gasteiger partial charge in [-0.25, -0.2) is 0 Å². The molecule has 3 N–H and O–H groups in total. The topological polar surface area (TPSA) is 72.9 Å². The van der Waals surface area contributed by atoms with Crippen LogP contribution < -0.4 is 11.1 Å². The first-order valence-corrected chi connectivity index (χ1v) is 6.25. The fraction of sp³-hybridized carbons (Fsp3) is 0.286. The van der Waals surface area contributed by atoms with E-state index in [1.165, 1.54) is 0 Å². The summed E-state index contributed by atoms with van der Waals surface area (Å²) in [4.78, 5) is 12.0. The summed E-state index contributed by atoms with van der Waals surface area (Å²) in [5.41, 5.74) is 8.84. The maximum Gasteiger partial charge on any atom is 0.269 e. The number of aryl methyl sites for hydroxylation is 2. The molecule has 0 saturated heterocycles. The summed E-state index contributed by atoms with van der Waals surface area (Å²) >= 11 is 0. The number of nitrogen functional groups attached to an aromatic ring is 1. The number of anilines is 1. The highest BCUT2D eigenvalue weighted by atomic mass is 16.2. The Morgan fingerprint density at radius 3 is 2.63 bits per heavy atom. The number of nitrogens with zero attached hydrogens (tertiary/aromatic N) is 2. The van der Waals surface area contributed by atoms with Crippen LogP contribution in [0.15, 0.2) is 30.3 Å². The molecule has 0 unspecified atom stereocenters. The number of nitrogens with two attached hydrogens (primary N) is 1. The molecule has 0 aliphatic carbocycles. The van der Waals surface area contributed by atoms with Crippen molar-refractivity contribution in [1.29, 1.82) is 0 Å². The molecule has 0 atom stereocenters. The number of hydrogen-bond donors (Lipinski definition) is 2. The lowest BCUT2D eigenvalue weighted by molar-refractivity contribution is 0.0941. The Bertz CT molecular complexity index is 572. The second-order valence-corrected chi connectivity index (χ2v) is 4.42. The van der Waals surface area contributed by atoms with Crippen molar-refractivity contribution in [3.63, 3.8) is 0 Å². The van der Waals surface area contributed by atoms with Crippen molar-refractivity contribution in [2.75, 3.05) is 5.73 Å². The van der Waals surface area contributed by atoms with Crippen LogP contribution in [0.2, 0.25) is 0 Å². The van der Waals surface area contributed by atoms with Crippen LogP contribution in [-0.2, 0) is 20.0 Å². The van der Waals surface area contributed by atoms with E-state index in [0.29, 0.717) is 17.9 Å². The normalized spacial score (nSPS) is 10.4. The molecule has 0 bridgehead atoms. The monoisotopic (exact) mass is 258 g/mol. The minimum absolute atomic E-state index is 0.119. The van der Waals surface area contributed by atoms with E-state index in [1.807, 2.05) is 37.3 Å². The van der Waals surface area contributed by atoms with Crippen LogP contribution in [0.4, 0.5) is 5.69 Å². The Morgan fingerprint density at radius 2 is 2.05 bits per heavy atom. The molecule has 1 aromatic heterocycles. The van der Waals surface area contributed by atoms with Gasteiger partial charge < -0.3 is 11.1 Å². The predicted molar refractivity (Wildman–Crippen MR) is 74.6 cm³/mol. The Kier molecular flexibility index (Phi) is 3.85. The van der Waals surface area contributed by atoms with E-state index in [0.717, 1.165) is 17.7 Å². The third kappa shape index (κ3) is 3.13. The first-order valence-electron chi connectivity index (χ1n) is 6.25. The lowest BCUT2D eigenvalue weighted by Crippen LogP contribution is -2.25. The summed E-state index contributed by atoms with van der Waals surface area (Å²) in [5, 5.41) is 7.13. The highest BCUT2D eigenvalue weighted by Gasteiger charge is 2.11. The van der Waals surface area contributed by atoms with Gasteiger partial charge in [0.1, 0.15) is 5.69 Å². The molecule has 5 nitrogen and oxygen atoms in total. The Morgan fingerprint density at radius 1 is 1.37 bits per heavy atom. The van der Waals surface area contributed by atoms with Gasteiger partial charge in [-0.1, -0.05) is 19.1 Å². The molecule has 100 valence electrons. The van der Waals surface area contributed by atoms with Crippen LogP contribution in [0, 0.1) is 0 Å². The summed E-state index contributed by atoms with van der Waals surface area (Å²) in [5.74, 6) is -0.119. The van der Waals surface area contributed by atoms with E-state index < -0.39 is 0 Å². The van der Waals surface area contributed by atoms with Gasteiger partial charge in [0.05, 0.1) is 5.69 Å². The number of nitrogens with one attached hydrogen (secondary N) is 1. The second-order valence-electron chi connectivity index (χ2n) is 4.42. The molecule has 19 heavy (non-hydrogen) atoms. The van der Waals surface area contributed by atoms with Crippen molar-refractivity contribution in [2.45, 2.75) is 19.9 Å². The van der Waals surface area contributed by atoms with Gasteiger partial charge in [0, 0.05) is 19.3 Å². The lowest BCUT2D eigenvalue weighted by atomic mass is 10.2. The lowest BCUT2D eigenvalue weighted by Gasteiger charge is -2.05. The van der Waals surface area contributed by atoms with Crippen LogP contribution >= 0.6 is 0 Å². The van der Waals surface area contributed by atoms with Gasteiger partial charge in [0.15, 0.2) is 0 Å². The van der Waals surface area contributed by atoms with Gasteiger partial charge in [-0.3, -0.25) is 9.48 Å². The van der Waals surface area contributed by atoms with Crippen molar-refractivity contribution in [3.05, 3.63) is 47.3 Å². The summed E-state index contributed by atoms with van der Waals surface area (Å²) in [6.45, 7) is 2.49. The van der Waals surface area contributed by atoms with Crippen LogP contribution in [0.25, 0.3) is 0 Å². The van der Waals surface area contributed by atoms with Gasteiger partial charge in [-0.15, -0.1) is 0 Å². The zero-order valence-corrected chi connectivity index (χ0v) is 11.2. The Labute approximate surface area is 112 Å². The number of amides is 1. The van der Waals surface area contributed by atoms with Crippen molar-refractivity contribution in [1.82, 2.24) is 15.1 Å². The average molecular weight is 258 g/mol. The Hall–Kier alpha value is -2.30. The third-order valence-electron chi connectivity index (χ3n) is 2.96. The van der Waals surface area contributed by atoms with E-state index in [-0.39, 0.29) is 5.91 Å². The molecule has 0 fully saturated rings. The number of carbonyl (C=O) groups excluding carboxylic acids is 1. The Balaban J connectivity index is 2.01. The maximum absolute atomic E-state index is 12.0. The van der Waals surface area contributed by atoms with Gasteiger partial charge in [0.25, 0.3) is 5.91 Å². The van der Waals surface area contributed by atoms with Crippen LogP contribution in [0.3, 0.4) is 0 Å². The minimum Gasteiger partial charge on any atom is -0.399 e. The zero-order valence-electron chi connectivity index (χ0n) is 11.2. The summed E-state index contributed by atoms with van der Waals surface area (Å²) in [6.07, 6.45) is 0.819. The molecular weight excluding hydrogens is 240 g/mol. The first kappa shape index (κ1) is 13.1. The fourth-order valence-corrected chi connectivity index (χ4v) is 1.82. The summed E-state index contributed by atoms with van der Waals surface area (Å²) in [7, 11) is 1.78. The van der Waals surface area contributed by atoms with E-state index in [9.17, 15) is 4.79 Å². The second kappa shape index (κ2) is 5.56. The quantitative estimate of drug-likeness (QED) is 0.816. The van der Waals surface area contributed by atoms with Crippen molar-refractivity contribution in [3.8, 4) is 0 Å². The molecule has 1 heterocycles. The maximum atomic E-state index is 12.0. The van der Waals surface area contributed by atoms with Crippen LogP contribution in [0.1, 0.15) is 28.7 Å². The predicted octanol–water partition coefficient (Wildman–Crippen LogP) is 1.49. The molecule has 0 radical (unpaired) electrons. The number of benzene rings is 1. The highest BCUT2D eigenvalue weighted by molar-refractivity contribution is 5.92. The molecule has 0 aliphatic heterocycles. The standard InChI is InChI=1S/C14H18N4O/c1-3-12-8-13(18(2)17-12)14(19)16-9-10-4-6-11(15)7-5-10/h4-8H,3,9,15H2,1-2H3,(H,16,19). The average Bonchev–Trinajstić information content (AvgIpc) is 2.79.